The Hall–Kier alpha value is -3.70. The maximum Gasteiger partial charge on any atom is 0.343 e. The first kappa shape index (κ1) is 19.6. The second-order valence-corrected chi connectivity index (χ2v) is 8.97. The number of hydrogen-bond donors (Lipinski definition) is 4. The van der Waals surface area contributed by atoms with Crippen molar-refractivity contribution in [2.45, 2.75) is 14.7 Å². The summed E-state index contributed by atoms with van der Waals surface area (Å²) >= 11 is 0. The van der Waals surface area contributed by atoms with E-state index in [1.165, 1.54) is 26.8 Å². The fourth-order valence-corrected chi connectivity index (χ4v) is 5.68. The largest absolute Gasteiger partial charge is 0.507 e. The molecule has 0 aliphatic heterocycles. The number of hydrogen-bond acceptors (Lipinski definition) is 3. The van der Waals surface area contributed by atoms with Crippen LogP contribution in [0, 0.1) is 0 Å². The predicted molar refractivity (Wildman–Crippen MR) is 119 cm³/mol. The van der Waals surface area contributed by atoms with E-state index in [0.29, 0.717) is 5.56 Å². The summed E-state index contributed by atoms with van der Waals surface area (Å²) in [4.78, 5) is 14.8. The van der Waals surface area contributed by atoms with Gasteiger partial charge in [0.25, 0.3) is 0 Å². The Morgan fingerprint density at radius 3 is 1.47 bits per heavy atom. The molecule has 4 aromatic rings. The van der Waals surface area contributed by atoms with Crippen molar-refractivity contribution < 1.29 is 20.1 Å². The van der Waals surface area contributed by atoms with Crippen LogP contribution in [0.1, 0.15) is 10.4 Å². The molecule has 0 aliphatic carbocycles. The molecular weight excluding hydrogens is 396 g/mol. The molecule has 0 saturated carbocycles. The number of carboxylic acid groups (broad SMARTS) is 1. The summed E-state index contributed by atoms with van der Waals surface area (Å²) in [5.74, 6) is -2.29. The van der Waals surface area contributed by atoms with Crippen molar-refractivity contribution in [1.82, 2.24) is 0 Å². The van der Waals surface area contributed by atoms with Gasteiger partial charge < -0.3 is 15.3 Å². The Labute approximate surface area is 177 Å². The molecule has 4 rings (SSSR count). The highest BCUT2D eigenvalue weighted by atomic mass is 32.2. The van der Waals surface area contributed by atoms with E-state index in [1.54, 1.807) is 0 Å². The lowest BCUT2D eigenvalue weighted by Crippen LogP contribution is -1.97. The second-order valence-electron chi connectivity index (χ2n) is 6.75. The normalized spacial score (nSPS) is 11.1. The van der Waals surface area contributed by atoms with Gasteiger partial charge in [0.05, 0.1) is 0 Å². The minimum Gasteiger partial charge on any atom is -0.507 e. The van der Waals surface area contributed by atoms with Crippen LogP contribution in [0.25, 0.3) is 11.1 Å². The highest BCUT2D eigenvalue weighted by Gasteiger charge is 2.18. The molecule has 30 heavy (non-hydrogen) atoms. The van der Waals surface area contributed by atoms with Crippen LogP contribution in [0.4, 0.5) is 0 Å². The zero-order chi connectivity index (χ0) is 21.1. The lowest BCUT2D eigenvalue weighted by molar-refractivity contribution is 0.0690. The quantitative estimate of drug-likeness (QED) is 0.304. The number of rotatable bonds is 5. The summed E-state index contributed by atoms with van der Waals surface area (Å²) in [6, 6.07) is 31.3. The van der Waals surface area contributed by atoms with E-state index in [4.69, 9.17) is 5.11 Å². The monoisotopic (exact) mass is 416 g/mol. The molecule has 0 unspecified atom stereocenters. The molecule has 4 aromatic carbocycles. The van der Waals surface area contributed by atoms with E-state index in [0.717, 1.165) is 5.56 Å². The molecule has 0 radical (unpaired) electrons. The number of carbonyl (C=O) groups is 1. The van der Waals surface area contributed by atoms with Gasteiger partial charge in [-0.15, -0.1) is 0 Å². The Bertz CT molecular complexity index is 1110. The summed E-state index contributed by atoms with van der Waals surface area (Å²) < 4.78 is 0. The van der Waals surface area contributed by atoms with Gasteiger partial charge in [-0.3, -0.25) is 0 Å². The van der Waals surface area contributed by atoms with Crippen LogP contribution in [-0.2, 0) is 0 Å². The predicted octanol–water partition coefficient (Wildman–Crippen LogP) is 5.94. The molecule has 0 aromatic heterocycles. The summed E-state index contributed by atoms with van der Waals surface area (Å²) in [5, 5.41) is 29.1. The first-order chi connectivity index (χ1) is 14.5. The molecule has 150 valence electrons. The molecule has 0 fully saturated rings. The van der Waals surface area contributed by atoms with Gasteiger partial charge >= 0.3 is 5.97 Å². The van der Waals surface area contributed by atoms with Gasteiger partial charge in [0.1, 0.15) is 17.1 Å². The summed E-state index contributed by atoms with van der Waals surface area (Å²) in [7, 11) is -0.730. The minimum atomic E-state index is -1.37. The smallest absolute Gasteiger partial charge is 0.343 e. The van der Waals surface area contributed by atoms with E-state index in [1.807, 2.05) is 60.7 Å². The molecular formula is C25H20O4S. The Morgan fingerprint density at radius 1 is 0.600 bits per heavy atom. The zero-order valence-electron chi connectivity index (χ0n) is 15.9. The zero-order valence-corrected chi connectivity index (χ0v) is 16.8. The van der Waals surface area contributed by atoms with Crippen molar-refractivity contribution >= 4 is 16.9 Å². The Kier molecular flexibility index (Phi) is 5.46. The molecule has 4 nitrogen and oxygen atoms in total. The summed E-state index contributed by atoms with van der Waals surface area (Å²) in [6.45, 7) is 0. The third kappa shape index (κ3) is 3.88. The number of aromatic carboxylic acids is 1. The molecule has 0 amide bonds. The maximum atomic E-state index is 11.2. The maximum absolute atomic E-state index is 11.2. The van der Waals surface area contributed by atoms with Crippen LogP contribution in [0.2, 0.25) is 0 Å². The number of carboxylic acids is 1. The third-order valence-corrected chi connectivity index (χ3v) is 7.24. The van der Waals surface area contributed by atoms with Crippen LogP contribution in [0.3, 0.4) is 0 Å². The van der Waals surface area contributed by atoms with Crippen molar-refractivity contribution in [2.24, 2.45) is 0 Å². The van der Waals surface area contributed by atoms with Crippen LogP contribution < -0.4 is 0 Å². The van der Waals surface area contributed by atoms with Crippen molar-refractivity contribution in [2.75, 3.05) is 0 Å². The fraction of sp³-hybridized carbons (Fsp3) is 0. The Morgan fingerprint density at radius 2 is 1.03 bits per heavy atom. The first-order valence-corrected chi connectivity index (χ1v) is 10.7. The third-order valence-electron chi connectivity index (χ3n) is 4.80. The van der Waals surface area contributed by atoms with Gasteiger partial charge in [-0.25, -0.2) is 4.79 Å². The summed E-state index contributed by atoms with van der Waals surface area (Å²) in [6.07, 6.45) is 0. The van der Waals surface area contributed by atoms with Crippen molar-refractivity contribution in [3.63, 3.8) is 0 Å². The van der Waals surface area contributed by atoms with Gasteiger partial charge in [0.15, 0.2) is 0 Å². The minimum absolute atomic E-state index is 0.461. The van der Waals surface area contributed by atoms with Crippen molar-refractivity contribution in [1.29, 1.82) is 0 Å². The summed E-state index contributed by atoms with van der Waals surface area (Å²) in [5.41, 5.74) is 0.828. The molecule has 0 heterocycles. The molecule has 0 atom stereocenters. The van der Waals surface area contributed by atoms with Gasteiger partial charge in [0, 0.05) is 0 Å². The van der Waals surface area contributed by atoms with E-state index in [2.05, 4.69) is 24.3 Å². The van der Waals surface area contributed by atoms with Crippen LogP contribution >= 0.6 is 10.9 Å². The first-order valence-electron chi connectivity index (χ1n) is 9.34. The topological polar surface area (TPSA) is 77.8 Å². The number of aromatic hydroxyl groups is 2. The van der Waals surface area contributed by atoms with E-state index >= 15 is 0 Å². The van der Waals surface area contributed by atoms with Gasteiger partial charge in [-0.1, -0.05) is 48.5 Å². The average Bonchev–Trinajstić information content (AvgIpc) is 2.75. The second kappa shape index (κ2) is 8.35. The number of phenols is 2. The van der Waals surface area contributed by atoms with Crippen LogP contribution in [0.5, 0.6) is 11.5 Å². The molecule has 0 aliphatic rings. The molecule has 5 heteroatoms. The molecule has 0 saturated heterocycles. The lowest BCUT2D eigenvalue weighted by atomic mass is 10.0. The van der Waals surface area contributed by atoms with Gasteiger partial charge in [0.2, 0.25) is 0 Å². The fourth-order valence-electron chi connectivity index (χ4n) is 3.40. The van der Waals surface area contributed by atoms with E-state index in [-0.39, 0.29) is 0 Å². The highest BCUT2D eigenvalue weighted by Crippen LogP contribution is 2.51. The standard InChI is InChI=1S/C25H20O4S/c26-22-15-18(16-23(27)24(22)25(28)29)17-11-13-21(14-12-17)30(19-7-3-1-4-8-19)20-9-5-2-6-10-20/h1-16,26-27,30H,(H,28,29). The SMILES string of the molecule is O=C(O)c1c(O)cc(-c2ccc([SH](c3ccccc3)c3ccccc3)cc2)cc1O. The number of thiol groups is 1. The molecule has 0 spiro atoms. The Balaban J connectivity index is 1.74. The van der Waals surface area contributed by atoms with Gasteiger partial charge in [-0.2, -0.15) is 10.9 Å². The van der Waals surface area contributed by atoms with Crippen LogP contribution in [-0.4, -0.2) is 21.3 Å². The molecule has 3 N–H and O–H groups in total. The van der Waals surface area contributed by atoms with Crippen molar-refractivity contribution in [3.8, 4) is 22.6 Å². The lowest BCUT2D eigenvalue weighted by Gasteiger charge is -2.23. The van der Waals surface area contributed by atoms with Crippen molar-refractivity contribution in [3.05, 3.63) is 103 Å². The van der Waals surface area contributed by atoms with E-state index in [9.17, 15) is 15.0 Å². The van der Waals surface area contributed by atoms with E-state index < -0.39 is 33.9 Å². The average molecular weight is 416 g/mol. The molecule has 0 bridgehead atoms. The van der Waals surface area contributed by atoms with Gasteiger partial charge in [-0.05, 0) is 74.3 Å². The highest BCUT2D eigenvalue weighted by molar-refractivity contribution is 8.17. The van der Waals surface area contributed by atoms with Crippen LogP contribution in [0.15, 0.2) is 112 Å². The number of benzene rings is 4.